The number of nitrogens with one attached hydrogen (secondary N) is 2. The van der Waals surface area contributed by atoms with Gasteiger partial charge >= 0.3 is 0 Å². The lowest BCUT2D eigenvalue weighted by Gasteiger charge is -2.30. The third-order valence-corrected chi connectivity index (χ3v) is 6.94. The SMILES string of the molecule is Cl.O=C(NCC1(c2cccc(Cl)c2)CCCC1)C1CC12CCNCC2. The van der Waals surface area contributed by atoms with Crippen LogP contribution in [0.4, 0.5) is 0 Å². The van der Waals surface area contributed by atoms with Crippen LogP contribution < -0.4 is 10.6 Å². The quantitative estimate of drug-likeness (QED) is 0.823. The van der Waals surface area contributed by atoms with Gasteiger partial charge in [-0.25, -0.2) is 0 Å². The average Bonchev–Trinajstić information content (AvgIpc) is 3.07. The van der Waals surface area contributed by atoms with Crippen molar-refractivity contribution in [3.8, 4) is 0 Å². The van der Waals surface area contributed by atoms with Crippen LogP contribution in [0.1, 0.15) is 50.5 Å². The van der Waals surface area contributed by atoms with Crippen molar-refractivity contribution in [2.45, 2.75) is 50.4 Å². The Hall–Kier alpha value is -0.770. The Morgan fingerprint density at radius 3 is 2.60 bits per heavy atom. The molecule has 1 amide bonds. The first-order valence-electron chi connectivity index (χ1n) is 9.38. The molecule has 1 aromatic rings. The van der Waals surface area contributed by atoms with E-state index in [1.54, 1.807) is 0 Å². The second-order valence-electron chi connectivity index (χ2n) is 8.08. The Morgan fingerprint density at radius 1 is 1.20 bits per heavy atom. The van der Waals surface area contributed by atoms with Crippen LogP contribution in [0.25, 0.3) is 0 Å². The van der Waals surface area contributed by atoms with Crippen molar-refractivity contribution in [3.63, 3.8) is 0 Å². The summed E-state index contributed by atoms with van der Waals surface area (Å²) in [6.45, 7) is 2.89. The van der Waals surface area contributed by atoms with Gasteiger partial charge < -0.3 is 10.6 Å². The normalized spacial score (nSPS) is 26.0. The topological polar surface area (TPSA) is 41.1 Å². The highest BCUT2D eigenvalue weighted by Crippen LogP contribution is 2.58. The fraction of sp³-hybridized carbons (Fsp3) is 0.650. The molecule has 0 bridgehead atoms. The van der Waals surface area contributed by atoms with Crippen LogP contribution >= 0.6 is 24.0 Å². The Bertz CT molecular complexity index is 622. The van der Waals surface area contributed by atoms with Crippen LogP contribution in [0.3, 0.4) is 0 Å². The van der Waals surface area contributed by atoms with Crippen LogP contribution in [0.2, 0.25) is 5.02 Å². The minimum Gasteiger partial charge on any atom is -0.355 e. The molecule has 1 aromatic carbocycles. The fourth-order valence-electron chi connectivity index (χ4n) is 5.01. The smallest absolute Gasteiger partial charge is 0.223 e. The van der Waals surface area contributed by atoms with E-state index in [4.69, 9.17) is 11.6 Å². The third-order valence-electron chi connectivity index (χ3n) is 6.70. The zero-order valence-corrected chi connectivity index (χ0v) is 16.2. The molecular formula is C20H28Cl2N2O. The standard InChI is InChI=1S/C20H27ClN2O.ClH/c21-16-5-3-4-15(12-16)20(6-1-2-7-20)14-23-18(24)17-13-19(17)8-10-22-11-9-19;/h3-5,12,17,22H,1-2,6-11,13-14H2,(H,23,24);1H. The highest BCUT2D eigenvalue weighted by Gasteiger charge is 2.57. The van der Waals surface area contributed by atoms with Crippen molar-refractivity contribution in [3.05, 3.63) is 34.9 Å². The van der Waals surface area contributed by atoms with Crippen molar-refractivity contribution in [1.29, 1.82) is 0 Å². The number of piperidine rings is 1. The maximum absolute atomic E-state index is 12.7. The van der Waals surface area contributed by atoms with Crippen LogP contribution in [0.15, 0.2) is 24.3 Å². The molecule has 4 rings (SSSR count). The Balaban J connectivity index is 0.00000182. The molecule has 3 fully saturated rings. The maximum atomic E-state index is 12.7. The predicted octanol–water partition coefficient (Wildman–Crippen LogP) is 4.08. The molecule has 2 N–H and O–H groups in total. The summed E-state index contributed by atoms with van der Waals surface area (Å²) in [5.41, 5.74) is 1.69. The lowest BCUT2D eigenvalue weighted by molar-refractivity contribution is -0.123. The second kappa shape index (κ2) is 7.46. The maximum Gasteiger partial charge on any atom is 0.223 e. The summed E-state index contributed by atoms with van der Waals surface area (Å²) in [7, 11) is 0. The number of benzene rings is 1. The molecule has 2 aliphatic carbocycles. The fourth-order valence-corrected chi connectivity index (χ4v) is 5.20. The molecule has 5 heteroatoms. The van der Waals surface area contributed by atoms with Gasteiger partial charge in [-0.1, -0.05) is 36.6 Å². The molecule has 138 valence electrons. The minimum absolute atomic E-state index is 0. The van der Waals surface area contributed by atoms with E-state index < -0.39 is 0 Å². The minimum atomic E-state index is 0. The van der Waals surface area contributed by atoms with Crippen LogP contribution in [-0.4, -0.2) is 25.5 Å². The second-order valence-corrected chi connectivity index (χ2v) is 8.52. The van der Waals surface area contributed by atoms with Crippen molar-refractivity contribution in [2.75, 3.05) is 19.6 Å². The third kappa shape index (κ3) is 3.70. The van der Waals surface area contributed by atoms with E-state index >= 15 is 0 Å². The molecule has 3 nitrogen and oxygen atoms in total. The molecule has 1 spiro atoms. The number of amides is 1. The zero-order chi connectivity index (χ0) is 16.6. The molecule has 3 aliphatic rings. The Labute approximate surface area is 161 Å². The number of carbonyl (C=O) groups excluding carboxylic acids is 1. The summed E-state index contributed by atoms with van der Waals surface area (Å²) in [6, 6.07) is 8.22. The van der Waals surface area contributed by atoms with Gasteiger partial charge in [0.05, 0.1) is 0 Å². The highest BCUT2D eigenvalue weighted by molar-refractivity contribution is 6.30. The molecular weight excluding hydrogens is 355 g/mol. The lowest BCUT2D eigenvalue weighted by atomic mass is 9.78. The van der Waals surface area contributed by atoms with Crippen LogP contribution in [-0.2, 0) is 10.2 Å². The van der Waals surface area contributed by atoms with Crippen molar-refractivity contribution in [2.24, 2.45) is 11.3 Å². The number of rotatable bonds is 4. The summed E-state index contributed by atoms with van der Waals surface area (Å²) >= 11 is 6.21. The molecule has 1 atom stereocenters. The van der Waals surface area contributed by atoms with Crippen molar-refractivity contribution in [1.82, 2.24) is 10.6 Å². The van der Waals surface area contributed by atoms with E-state index in [1.165, 1.54) is 18.4 Å². The first kappa shape index (κ1) is 19.0. The molecule has 0 aromatic heterocycles. The van der Waals surface area contributed by atoms with Gasteiger partial charge in [0.2, 0.25) is 5.91 Å². The molecule has 1 saturated heterocycles. The molecule has 1 aliphatic heterocycles. The van der Waals surface area contributed by atoms with Crippen LogP contribution in [0.5, 0.6) is 0 Å². The van der Waals surface area contributed by atoms with Gasteiger partial charge in [-0.2, -0.15) is 0 Å². The van der Waals surface area contributed by atoms with E-state index in [0.717, 1.165) is 56.8 Å². The van der Waals surface area contributed by atoms with Crippen LogP contribution in [0, 0.1) is 11.3 Å². The van der Waals surface area contributed by atoms with Crippen molar-refractivity contribution < 1.29 is 4.79 Å². The average molecular weight is 383 g/mol. The number of carbonyl (C=O) groups is 1. The summed E-state index contributed by atoms with van der Waals surface area (Å²) in [5, 5.41) is 7.51. The molecule has 1 heterocycles. The molecule has 25 heavy (non-hydrogen) atoms. The van der Waals surface area contributed by atoms with E-state index in [-0.39, 0.29) is 29.6 Å². The lowest BCUT2D eigenvalue weighted by Crippen LogP contribution is -2.41. The monoisotopic (exact) mass is 382 g/mol. The van der Waals surface area contributed by atoms with Gasteiger partial charge in [-0.15, -0.1) is 12.4 Å². The van der Waals surface area contributed by atoms with Gasteiger partial charge in [0.25, 0.3) is 0 Å². The van der Waals surface area contributed by atoms with Gasteiger partial charge in [0.15, 0.2) is 0 Å². The van der Waals surface area contributed by atoms with E-state index in [1.807, 2.05) is 12.1 Å². The number of hydrogen-bond acceptors (Lipinski definition) is 2. The summed E-state index contributed by atoms with van der Waals surface area (Å²) in [4.78, 5) is 12.7. The van der Waals surface area contributed by atoms with E-state index in [0.29, 0.717) is 5.41 Å². The summed E-state index contributed by atoms with van der Waals surface area (Å²) in [6.07, 6.45) is 8.17. The van der Waals surface area contributed by atoms with E-state index in [9.17, 15) is 4.79 Å². The van der Waals surface area contributed by atoms with Gasteiger partial charge in [0, 0.05) is 22.9 Å². The highest BCUT2D eigenvalue weighted by atomic mass is 35.5. The Kier molecular flexibility index (Phi) is 5.67. The van der Waals surface area contributed by atoms with Gasteiger partial charge in [0.1, 0.15) is 0 Å². The largest absolute Gasteiger partial charge is 0.355 e. The molecule has 1 unspecified atom stereocenters. The van der Waals surface area contributed by atoms with Crippen molar-refractivity contribution >= 4 is 29.9 Å². The molecule has 0 radical (unpaired) electrons. The summed E-state index contributed by atoms with van der Waals surface area (Å²) in [5.74, 6) is 0.530. The van der Waals surface area contributed by atoms with Gasteiger partial charge in [-0.3, -0.25) is 4.79 Å². The number of hydrogen-bond donors (Lipinski definition) is 2. The zero-order valence-electron chi connectivity index (χ0n) is 14.7. The first-order valence-corrected chi connectivity index (χ1v) is 9.76. The Morgan fingerprint density at radius 2 is 1.92 bits per heavy atom. The molecule has 2 saturated carbocycles. The predicted molar refractivity (Wildman–Crippen MR) is 104 cm³/mol. The summed E-state index contributed by atoms with van der Waals surface area (Å²) < 4.78 is 0. The van der Waals surface area contributed by atoms with E-state index in [2.05, 4.69) is 22.8 Å². The van der Waals surface area contributed by atoms with Gasteiger partial charge in [-0.05, 0) is 68.3 Å². The first-order chi connectivity index (χ1) is 11.6. The number of halogens is 2.